The minimum absolute atomic E-state index is 0.107. The van der Waals surface area contributed by atoms with Gasteiger partial charge in [-0.2, -0.15) is 4.99 Å². The van der Waals surface area contributed by atoms with Crippen LogP contribution in [0.1, 0.15) is 18.9 Å². The zero-order valence-electron chi connectivity index (χ0n) is 19.2. The summed E-state index contributed by atoms with van der Waals surface area (Å²) in [6.45, 7) is 2.88. The Morgan fingerprint density at radius 2 is 1.74 bits per heavy atom. The van der Waals surface area contributed by atoms with Gasteiger partial charge in [0.15, 0.2) is 16.7 Å². The predicted octanol–water partition coefficient (Wildman–Crippen LogP) is 4.72. The third-order valence-corrected chi connectivity index (χ3v) is 5.96. The van der Waals surface area contributed by atoms with E-state index in [1.54, 1.807) is 37.3 Å². The number of allylic oxidation sites excluding steroid dienone is 1. The van der Waals surface area contributed by atoms with Crippen molar-refractivity contribution < 1.29 is 23.7 Å². The highest BCUT2D eigenvalue weighted by molar-refractivity contribution is 8.17. The highest BCUT2D eigenvalue weighted by Gasteiger charge is 2.32. The van der Waals surface area contributed by atoms with Gasteiger partial charge in [0.1, 0.15) is 17.3 Å². The molecule has 0 saturated carbocycles. The maximum atomic E-state index is 12.5. The predicted molar refractivity (Wildman–Crippen MR) is 133 cm³/mol. The van der Waals surface area contributed by atoms with Crippen molar-refractivity contribution in [1.29, 1.82) is 5.41 Å². The van der Waals surface area contributed by atoms with E-state index in [0.717, 1.165) is 16.4 Å². The molecule has 4 rings (SSSR count). The quantitative estimate of drug-likeness (QED) is 0.411. The van der Waals surface area contributed by atoms with E-state index in [4.69, 9.17) is 24.4 Å². The number of carbonyl (C=O) groups is 1. The fraction of sp³-hybridized carbons (Fsp3) is 0.240. The molecule has 9 heteroatoms. The zero-order valence-corrected chi connectivity index (χ0v) is 20.0. The van der Waals surface area contributed by atoms with Crippen molar-refractivity contribution in [3.05, 3.63) is 64.7 Å². The Kier molecular flexibility index (Phi) is 7.22. The van der Waals surface area contributed by atoms with Crippen molar-refractivity contribution in [2.75, 3.05) is 27.4 Å². The fourth-order valence-corrected chi connectivity index (χ4v) is 4.18. The molecule has 2 aliphatic heterocycles. The lowest BCUT2D eigenvalue weighted by Crippen LogP contribution is -2.35. The van der Waals surface area contributed by atoms with Crippen LogP contribution in [-0.2, 0) is 4.79 Å². The molecule has 0 aliphatic carbocycles. The Bertz CT molecular complexity index is 1190. The van der Waals surface area contributed by atoms with E-state index in [1.807, 2.05) is 43.5 Å². The minimum Gasteiger partial charge on any atom is -0.497 e. The Morgan fingerprint density at radius 3 is 2.47 bits per heavy atom. The summed E-state index contributed by atoms with van der Waals surface area (Å²) in [5, 5.41) is 8.94. The van der Waals surface area contributed by atoms with Gasteiger partial charge in [-0.15, -0.1) is 0 Å². The van der Waals surface area contributed by atoms with Crippen LogP contribution in [0, 0.1) is 5.41 Å². The highest BCUT2D eigenvalue weighted by atomic mass is 32.2. The smallest absolute Gasteiger partial charge is 0.283 e. The van der Waals surface area contributed by atoms with Gasteiger partial charge in [-0.1, -0.05) is 17.8 Å². The number of nitrogens with zero attached hydrogens (tertiary/aromatic N) is 2. The lowest BCUT2D eigenvalue weighted by Gasteiger charge is -2.22. The summed E-state index contributed by atoms with van der Waals surface area (Å²) in [6.07, 6.45) is 4.14. The Balaban J connectivity index is 1.36. The van der Waals surface area contributed by atoms with Crippen molar-refractivity contribution in [3.63, 3.8) is 0 Å². The van der Waals surface area contributed by atoms with Crippen LogP contribution in [0.2, 0.25) is 0 Å². The second-order valence-corrected chi connectivity index (χ2v) is 8.67. The zero-order chi connectivity index (χ0) is 24.1. The number of amidine groups is 2. The van der Waals surface area contributed by atoms with E-state index < -0.39 is 5.91 Å². The largest absolute Gasteiger partial charge is 0.497 e. The molecule has 1 amide bonds. The van der Waals surface area contributed by atoms with Crippen LogP contribution in [0.25, 0.3) is 6.08 Å². The average Bonchev–Trinajstić information content (AvgIpc) is 3.22. The van der Waals surface area contributed by atoms with Gasteiger partial charge in [0.05, 0.1) is 33.0 Å². The second kappa shape index (κ2) is 10.5. The molecule has 0 radical (unpaired) electrons. The fourth-order valence-electron chi connectivity index (χ4n) is 3.36. The number of nitrogens with one attached hydrogen (secondary N) is 1. The van der Waals surface area contributed by atoms with Crippen LogP contribution in [-0.4, -0.2) is 49.2 Å². The molecule has 2 aromatic carbocycles. The third kappa shape index (κ3) is 5.26. The number of benzene rings is 2. The van der Waals surface area contributed by atoms with Gasteiger partial charge >= 0.3 is 0 Å². The van der Waals surface area contributed by atoms with Crippen molar-refractivity contribution in [3.8, 4) is 23.0 Å². The molecule has 0 saturated heterocycles. The first kappa shape index (κ1) is 23.4. The average molecular weight is 480 g/mol. The SMILES string of the molecule is COc1ccc(OCCCOc2ccc(/C=C3/C(=N)N4C=C(C)SC4=NC3=O)cc2OC)cc1. The third-order valence-electron chi connectivity index (χ3n) is 5.07. The van der Waals surface area contributed by atoms with Gasteiger partial charge in [0.25, 0.3) is 5.91 Å². The summed E-state index contributed by atoms with van der Waals surface area (Å²) in [7, 11) is 3.19. The molecule has 8 nitrogen and oxygen atoms in total. The van der Waals surface area contributed by atoms with Gasteiger partial charge in [-0.05, 0) is 55.0 Å². The molecule has 0 bridgehead atoms. The van der Waals surface area contributed by atoms with Crippen LogP contribution in [0.5, 0.6) is 23.0 Å². The van der Waals surface area contributed by atoms with E-state index in [9.17, 15) is 4.79 Å². The van der Waals surface area contributed by atoms with E-state index >= 15 is 0 Å². The van der Waals surface area contributed by atoms with Crippen molar-refractivity contribution in [2.45, 2.75) is 13.3 Å². The number of hydrogen-bond donors (Lipinski definition) is 1. The number of fused-ring (bicyclic) bond motifs is 1. The molecule has 2 heterocycles. The number of hydrogen-bond acceptors (Lipinski definition) is 7. The number of amides is 1. The van der Waals surface area contributed by atoms with Crippen LogP contribution >= 0.6 is 11.8 Å². The first-order valence-electron chi connectivity index (χ1n) is 10.7. The molecule has 0 spiro atoms. The summed E-state index contributed by atoms with van der Waals surface area (Å²) < 4.78 is 22.2. The standard InChI is InChI=1S/C25H25N3O5S/c1-16-15-28-23(26)20(24(29)27-25(28)34-16)13-17-5-10-21(22(14-17)31-3)33-12-4-11-32-19-8-6-18(30-2)7-9-19/h5-10,13-15,26H,4,11-12H2,1-3H3/b20-13-,26-23?. The number of aliphatic imine (C=N–C) groups is 1. The summed E-state index contributed by atoms with van der Waals surface area (Å²) in [5.74, 6) is 2.36. The molecule has 0 fully saturated rings. The first-order chi connectivity index (χ1) is 16.5. The van der Waals surface area contributed by atoms with Crippen molar-refractivity contribution >= 4 is 34.7 Å². The van der Waals surface area contributed by atoms with Gasteiger partial charge in [-0.25, -0.2) is 0 Å². The molecule has 2 aliphatic rings. The molecule has 176 valence electrons. The highest BCUT2D eigenvalue weighted by Crippen LogP contribution is 2.34. The van der Waals surface area contributed by atoms with Gasteiger partial charge in [-0.3, -0.25) is 15.1 Å². The molecule has 1 N–H and O–H groups in total. The molecule has 2 aromatic rings. The normalized spacial score (nSPS) is 16.2. The van der Waals surface area contributed by atoms with E-state index in [2.05, 4.69) is 4.99 Å². The van der Waals surface area contributed by atoms with E-state index in [1.165, 1.54) is 11.8 Å². The first-order valence-corrected chi connectivity index (χ1v) is 11.5. The summed E-state index contributed by atoms with van der Waals surface area (Å²) in [6, 6.07) is 12.8. The number of rotatable bonds is 9. The number of ether oxygens (including phenoxy) is 4. The monoisotopic (exact) mass is 479 g/mol. The van der Waals surface area contributed by atoms with Crippen LogP contribution in [0.3, 0.4) is 0 Å². The van der Waals surface area contributed by atoms with E-state index in [-0.39, 0.29) is 11.4 Å². The molecule has 0 atom stereocenters. The number of methoxy groups -OCH3 is 2. The van der Waals surface area contributed by atoms with Gasteiger partial charge in [0, 0.05) is 17.5 Å². The van der Waals surface area contributed by atoms with Crippen LogP contribution in [0.15, 0.2) is 64.1 Å². The topological polar surface area (TPSA) is 93.4 Å². The molecule has 0 unspecified atom stereocenters. The molecule has 34 heavy (non-hydrogen) atoms. The number of thioether (sulfide) groups is 1. The van der Waals surface area contributed by atoms with Crippen LogP contribution in [0.4, 0.5) is 0 Å². The minimum atomic E-state index is -0.428. The Hall–Kier alpha value is -3.72. The molecular weight excluding hydrogens is 454 g/mol. The summed E-state index contributed by atoms with van der Waals surface area (Å²) >= 11 is 1.38. The van der Waals surface area contributed by atoms with Crippen molar-refractivity contribution in [1.82, 2.24) is 4.90 Å². The Labute approximate surface area is 202 Å². The second-order valence-electron chi connectivity index (χ2n) is 7.45. The summed E-state index contributed by atoms with van der Waals surface area (Å²) in [5.41, 5.74) is 0.938. The lowest BCUT2D eigenvalue weighted by atomic mass is 10.1. The van der Waals surface area contributed by atoms with Crippen LogP contribution < -0.4 is 18.9 Å². The van der Waals surface area contributed by atoms with Crippen molar-refractivity contribution in [2.24, 2.45) is 4.99 Å². The van der Waals surface area contributed by atoms with Gasteiger partial charge in [0.2, 0.25) is 0 Å². The maximum Gasteiger partial charge on any atom is 0.283 e. The van der Waals surface area contributed by atoms with E-state index in [0.29, 0.717) is 41.9 Å². The summed E-state index contributed by atoms with van der Waals surface area (Å²) in [4.78, 5) is 19.2. The molecular formula is C25H25N3O5S. The lowest BCUT2D eigenvalue weighted by molar-refractivity contribution is -0.114. The van der Waals surface area contributed by atoms with Gasteiger partial charge < -0.3 is 18.9 Å². The molecule has 0 aromatic heterocycles. The Morgan fingerprint density at radius 1 is 1.00 bits per heavy atom. The number of carbonyl (C=O) groups excluding carboxylic acids is 1. The maximum absolute atomic E-state index is 12.5.